The summed E-state index contributed by atoms with van der Waals surface area (Å²) in [4.78, 5) is 12.0. The van der Waals surface area contributed by atoms with Gasteiger partial charge in [0.05, 0.1) is 15.7 Å². The standard InChI is InChI=1S/C15H14Cl2N2O3/c1-5-6-21-9-7-10(16)12(17)11(8-9)19-14(20)22-13(18-19)15(2,3)4/h1,7-8H,6H2,2-4H3. The van der Waals surface area contributed by atoms with Crippen molar-refractivity contribution in [3.05, 3.63) is 38.6 Å². The van der Waals surface area contributed by atoms with E-state index in [-0.39, 0.29) is 22.3 Å². The second-order valence-electron chi connectivity index (χ2n) is 5.57. The second kappa shape index (κ2) is 6.07. The molecule has 0 radical (unpaired) electrons. The summed E-state index contributed by atoms with van der Waals surface area (Å²) in [6, 6.07) is 3.04. The highest BCUT2D eigenvalue weighted by Gasteiger charge is 2.24. The first-order chi connectivity index (χ1) is 10.2. The lowest BCUT2D eigenvalue weighted by Gasteiger charge is -2.11. The second-order valence-corrected chi connectivity index (χ2v) is 6.35. The van der Waals surface area contributed by atoms with E-state index in [4.69, 9.17) is 38.8 Å². The molecule has 1 aromatic heterocycles. The Balaban J connectivity index is 2.57. The third kappa shape index (κ3) is 3.29. The van der Waals surface area contributed by atoms with Gasteiger partial charge in [-0.15, -0.1) is 11.5 Å². The van der Waals surface area contributed by atoms with Crippen molar-refractivity contribution in [1.29, 1.82) is 0 Å². The molecule has 0 aliphatic heterocycles. The van der Waals surface area contributed by atoms with Crippen LogP contribution in [0.2, 0.25) is 10.0 Å². The molecule has 0 aliphatic carbocycles. The quantitative estimate of drug-likeness (QED) is 0.803. The van der Waals surface area contributed by atoms with Crippen LogP contribution in [0.25, 0.3) is 5.69 Å². The van der Waals surface area contributed by atoms with Gasteiger partial charge in [0.15, 0.2) is 0 Å². The van der Waals surface area contributed by atoms with E-state index in [2.05, 4.69) is 11.0 Å². The van der Waals surface area contributed by atoms with E-state index in [1.165, 1.54) is 12.1 Å². The van der Waals surface area contributed by atoms with Gasteiger partial charge in [0.2, 0.25) is 5.89 Å². The first kappa shape index (κ1) is 16.5. The van der Waals surface area contributed by atoms with Gasteiger partial charge in [-0.25, -0.2) is 4.79 Å². The molecule has 0 unspecified atom stereocenters. The number of terminal acetylenes is 1. The van der Waals surface area contributed by atoms with Gasteiger partial charge in [0.25, 0.3) is 0 Å². The molecule has 0 spiro atoms. The number of hydrogen-bond donors (Lipinski definition) is 0. The average Bonchev–Trinajstić information content (AvgIpc) is 2.82. The van der Waals surface area contributed by atoms with Crippen LogP contribution in [0, 0.1) is 12.3 Å². The minimum atomic E-state index is -0.656. The Morgan fingerprint density at radius 2 is 2.09 bits per heavy atom. The van der Waals surface area contributed by atoms with Crippen molar-refractivity contribution in [2.45, 2.75) is 26.2 Å². The number of rotatable bonds is 3. The largest absolute Gasteiger partial charge is 0.481 e. The van der Waals surface area contributed by atoms with Gasteiger partial charge in [-0.2, -0.15) is 4.68 Å². The van der Waals surface area contributed by atoms with E-state index < -0.39 is 11.2 Å². The number of hydrogen-bond acceptors (Lipinski definition) is 4. The predicted molar refractivity (Wildman–Crippen MR) is 85.1 cm³/mol. The van der Waals surface area contributed by atoms with Crippen molar-refractivity contribution in [1.82, 2.24) is 9.78 Å². The molecule has 1 heterocycles. The SMILES string of the molecule is C#CCOc1cc(Cl)c(Cl)c(-n2nc(C(C)(C)C)oc2=O)c1. The Morgan fingerprint density at radius 1 is 1.41 bits per heavy atom. The lowest BCUT2D eigenvalue weighted by Crippen LogP contribution is -2.15. The van der Waals surface area contributed by atoms with E-state index in [1.807, 2.05) is 20.8 Å². The molecule has 22 heavy (non-hydrogen) atoms. The van der Waals surface area contributed by atoms with Crippen LogP contribution in [-0.2, 0) is 5.41 Å². The molecule has 1 aromatic carbocycles. The van der Waals surface area contributed by atoms with Crippen LogP contribution >= 0.6 is 23.2 Å². The molecule has 5 nitrogen and oxygen atoms in total. The summed E-state index contributed by atoms with van der Waals surface area (Å²) in [5.41, 5.74) is -0.149. The van der Waals surface area contributed by atoms with Crippen molar-refractivity contribution in [2.75, 3.05) is 6.61 Å². The zero-order valence-electron chi connectivity index (χ0n) is 12.3. The molecule has 0 bridgehead atoms. The Bertz CT molecular complexity index is 795. The first-order valence-electron chi connectivity index (χ1n) is 6.40. The molecule has 0 saturated heterocycles. The fourth-order valence-corrected chi connectivity index (χ4v) is 2.04. The highest BCUT2D eigenvalue weighted by molar-refractivity contribution is 6.43. The van der Waals surface area contributed by atoms with Crippen LogP contribution in [0.4, 0.5) is 0 Å². The highest BCUT2D eigenvalue weighted by Crippen LogP contribution is 2.33. The lowest BCUT2D eigenvalue weighted by molar-refractivity contribution is 0.370. The minimum absolute atomic E-state index is 0.0678. The van der Waals surface area contributed by atoms with Gasteiger partial charge in [-0.05, 0) is 0 Å². The molecule has 2 aromatic rings. The Kier molecular flexibility index (Phi) is 4.55. The van der Waals surface area contributed by atoms with Gasteiger partial charge in [0.1, 0.15) is 12.4 Å². The minimum Gasteiger partial charge on any atom is -0.481 e. The van der Waals surface area contributed by atoms with Crippen molar-refractivity contribution >= 4 is 23.2 Å². The van der Waals surface area contributed by atoms with E-state index in [0.717, 1.165) is 4.68 Å². The molecular weight excluding hydrogens is 327 g/mol. The Labute approximate surface area is 137 Å². The number of halogens is 2. The highest BCUT2D eigenvalue weighted by atomic mass is 35.5. The molecule has 0 atom stereocenters. The molecule has 7 heteroatoms. The van der Waals surface area contributed by atoms with Gasteiger partial charge in [0, 0.05) is 17.5 Å². The maximum atomic E-state index is 12.0. The van der Waals surface area contributed by atoms with Gasteiger partial charge >= 0.3 is 5.76 Å². The summed E-state index contributed by atoms with van der Waals surface area (Å²) in [5.74, 6) is 2.36. The number of ether oxygens (including phenoxy) is 1. The molecular formula is C15H14Cl2N2O3. The van der Waals surface area contributed by atoms with E-state index >= 15 is 0 Å². The normalized spacial score (nSPS) is 11.3. The Morgan fingerprint density at radius 3 is 2.64 bits per heavy atom. The molecule has 0 amide bonds. The number of aromatic nitrogens is 2. The van der Waals surface area contributed by atoms with E-state index in [1.54, 1.807) is 0 Å². The monoisotopic (exact) mass is 340 g/mol. The third-order valence-corrected chi connectivity index (χ3v) is 3.51. The van der Waals surface area contributed by atoms with E-state index in [9.17, 15) is 4.79 Å². The summed E-state index contributed by atoms with van der Waals surface area (Å²) in [6.45, 7) is 5.70. The van der Waals surface area contributed by atoms with E-state index in [0.29, 0.717) is 11.6 Å². The third-order valence-electron chi connectivity index (χ3n) is 2.72. The summed E-state index contributed by atoms with van der Waals surface area (Å²) in [5, 5.41) is 4.57. The molecule has 0 aliphatic rings. The van der Waals surface area contributed by atoms with Crippen LogP contribution < -0.4 is 10.5 Å². The first-order valence-corrected chi connectivity index (χ1v) is 7.16. The van der Waals surface area contributed by atoms with Crippen molar-refractivity contribution < 1.29 is 9.15 Å². The van der Waals surface area contributed by atoms with Gasteiger partial charge in [-0.1, -0.05) is 49.9 Å². The zero-order valence-corrected chi connectivity index (χ0v) is 13.8. The fourth-order valence-electron chi connectivity index (χ4n) is 1.65. The van der Waals surface area contributed by atoms with Crippen LogP contribution in [0.5, 0.6) is 5.75 Å². The Hall–Kier alpha value is -1.90. The number of benzene rings is 1. The predicted octanol–water partition coefficient (Wildman–Crippen LogP) is 3.44. The lowest BCUT2D eigenvalue weighted by atomic mass is 9.97. The molecule has 116 valence electrons. The summed E-state index contributed by atoms with van der Waals surface area (Å²) < 4.78 is 11.5. The zero-order chi connectivity index (χ0) is 16.5. The maximum absolute atomic E-state index is 12.0. The smallest absolute Gasteiger partial charge is 0.442 e. The summed E-state index contributed by atoms with van der Waals surface area (Å²) in [6.07, 6.45) is 5.15. The average molecular weight is 341 g/mol. The molecule has 0 saturated carbocycles. The van der Waals surface area contributed by atoms with Gasteiger partial charge < -0.3 is 9.15 Å². The van der Waals surface area contributed by atoms with Crippen molar-refractivity contribution in [2.24, 2.45) is 0 Å². The maximum Gasteiger partial charge on any atom is 0.442 e. The van der Waals surface area contributed by atoms with Crippen LogP contribution in [0.15, 0.2) is 21.3 Å². The summed E-state index contributed by atoms with van der Waals surface area (Å²) >= 11 is 12.2. The summed E-state index contributed by atoms with van der Waals surface area (Å²) in [7, 11) is 0. The van der Waals surface area contributed by atoms with Crippen molar-refractivity contribution in [3.8, 4) is 23.8 Å². The topological polar surface area (TPSA) is 57.3 Å². The molecule has 2 rings (SSSR count). The fraction of sp³-hybridized carbons (Fsp3) is 0.333. The molecule has 0 N–H and O–H groups in total. The van der Waals surface area contributed by atoms with Crippen LogP contribution in [0.1, 0.15) is 26.7 Å². The molecule has 0 fully saturated rings. The number of nitrogens with zero attached hydrogens (tertiary/aromatic N) is 2. The van der Waals surface area contributed by atoms with Crippen LogP contribution in [0.3, 0.4) is 0 Å². The van der Waals surface area contributed by atoms with Gasteiger partial charge in [-0.3, -0.25) is 0 Å². The van der Waals surface area contributed by atoms with Crippen LogP contribution in [-0.4, -0.2) is 16.4 Å². The van der Waals surface area contributed by atoms with Crippen molar-refractivity contribution in [3.63, 3.8) is 0 Å².